The van der Waals surface area contributed by atoms with E-state index in [1.54, 1.807) is 0 Å². The molecule has 0 amide bonds. The molecule has 0 atom stereocenters. The standard InChI is InChI=1S/C17H25NO/c1-2-13-7-9-14(10-8-13)17(19)11-15-5-3-4-6-16(15)12-18/h3-6,13-14H,2,7-12,18H2,1H3. The molecule has 104 valence electrons. The lowest BCUT2D eigenvalue weighted by molar-refractivity contribution is -0.123. The summed E-state index contributed by atoms with van der Waals surface area (Å²) in [5, 5.41) is 0. The monoisotopic (exact) mass is 259 g/mol. The fourth-order valence-electron chi connectivity index (χ4n) is 3.15. The quantitative estimate of drug-likeness (QED) is 0.879. The zero-order chi connectivity index (χ0) is 13.7. The highest BCUT2D eigenvalue weighted by Gasteiger charge is 2.25. The molecule has 1 aliphatic rings. The van der Waals surface area contributed by atoms with Gasteiger partial charge < -0.3 is 5.73 Å². The lowest BCUT2D eigenvalue weighted by Crippen LogP contribution is -2.23. The summed E-state index contributed by atoms with van der Waals surface area (Å²) >= 11 is 0. The number of benzene rings is 1. The van der Waals surface area contributed by atoms with Crippen molar-refractivity contribution >= 4 is 5.78 Å². The van der Waals surface area contributed by atoms with Crippen LogP contribution in [0.5, 0.6) is 0 Å². The molecular formula is C17H25NO. The molecule has 2 N–H and O–H groups in total. The summed E-state index contributed by atoms with van der Waals surface area (Å²) in [7, 11) is 0. The molecule has 1 saturated carbocycles. The largest absolute Gasteiger partial charge is 0.326 e. The van der Waals surface area contributed by atoms with Crippen LogP contribution in [-0.2, 0) is 17.8 Å². The van der Waals surface area contributed by atoms with Gasteiger partial charge in [0.2, 0.25) is 0 Å². The van der Waals surface area contributed by atoms with E-state index in [2.05, 4.69) is 6.92 Å². The van der Waals surface area contributed by atoms with Gasteiger partial charge in [0.1, 0.15) is 5.78 Å². The van der Waals surface area contributed by atoms with Gasteiger partial charge >= 0.3 is 0 Å². The highest BCUT2D eigenvalue weighted by atomic mass is 16.1. The predicted molar refractivity (Wildman–Crippen MR) is 78.8 cm³/mol. The van der Waals surface area contributed by atoms with Crippen molar-refractivity contribution in [3.8, 4) is 0 Å². The molecule has 0 saturated heterocycles. The van der Waals surface area contributed by atoms with Gasteiger partial charge in [0, 0.05) is 18.9 Å². The average molecular weight is 259 g/mol. The number of hydrogen-bond donors (Lipinski definition) is 1. The van der Waals surface area contributed by atoms with Gasteiger partial charge in [-0.15, -0.1) is 0 Å². The van der Waals surface area contributed by atoms with E-state index in [0.717, 1.165) is 29.9 Å². The zero-order valence-corrected chi connectivity index (χ0v) is 11.9. The smallest absolute Gasteiger partial charge is 0.140 e. The predicted octanol–water partition coefficient (Wildman–Crippen LogP) is 3.47. The Morgan fingerprint density at radius 3 is 2.37 bits per heavy atom. The SMILES string of the molecule is CCC1CCC(C(=O)Cc2ccccc2CN)CC1. The van der Waals surface area contributed by atoms with Crippen LogP contribution in [0.1, 0.15) is 50.2 Å². The minimum atomic E-state index is 0.286. The van der Waals surface area contributed by atoms with Gasteiger partial charge in [-0.1, -0.05) is 37.6 Å². The van der Waals surface area contributed by atoms with Crippen LogP contribution >= 0.6 is 0 Å². The summed E-state index contributed by atoms with van der Waals surface area (Å²) in [5.41, 5.74) is 7.96. The molecule has 0 unspecified atom stereocenters. The Labute approximate surface area is 116 Å². The molecule has 0 radical (unpaired) electrons. The fourth-order valence-corrected chi connectivity index (χ4v) is 3.15. The van der Waals surface area contributed by atoms with Gasteiger partial charge in [0.25, 0.3) is 0 Å². The highest BCUT2D eigenvalue weighted by Crippen LogP contribution is 2.31. The van der Waals surface area contributed by atoms with E-state index < -0.39 is 0 Å². The summed E-state index contributed by atoms with van der Waals surface area (Å²) in [6, 6.07) is 8.05. The third kappa shape index (κ3) is 3.66. The van der Waals surface area contributed by atoms with E-state index in [0.29, 0.717) is 18.7 Å². The van der Waals surface area contributed by atoms with Gasteiger partial charge in [-0.3, -0.25) is 4.79 Å². The molecule has 0 bridgehead atoms. The van der Waals surface area contributed by atoms with Crippen molar-refractivity contribution in [1.29, 1.82) is 0 Å². The summed E-state index contributed by atoms with van der Waals surface area (Å²) in [6.07, 6.45) is 6.45. The van der Waals surface area contributed by atoms with Crippen LogP contribution in [0.4, 0.5) is 0 Å². The lowest BCUT2D eigenvalue weighted by Gasteiger charge is -2.27. The Bertz CT molecular complexity index is 419. The van der Waals surface area contributed by atoms with Gasteiger partial charge in [0.15, 0.2) is 0 Å². The lowest BCUT2D eigenvalue weighted by atomic mass is 9.78. The highest BCUT2D eigenvalue weighted by molar-refractivity contribution is 5.83. The average Bonchev–Trinajstić information content (AvgIpc) is 2.48. The number of carbonyl (C=O) groups is 1. The Morgan fingerprint density at radius 2 is 1.79 bits per heavy atom. The Balaban J connectivity index is 1.94. The number of hydrogen-bond acceptors (Lipinski definition) is 2. The number of rotatable bonds is 5. The number of nitrogens with two attached hydrogens (primary N) is 1. The van der Waals surface area contributed by atoms with Crippen molar-refractivity contribution in [2.24, 2.45) is 17.6 Å². The Kier molecular flexibility index (Phi) is 5.15. The molecule has 19 heavy (non-hydrogen) atoms. The maximum atomic E-state index is 12.4. The second-order valence-corrected chi connectivity index (χ2v) is 5.74. The first-order valence-electron chi connectivity index (χ1n) is 7.54. The second-order valence-electron chi connectivity index (χ2n) is 5.74. The van der Waals surface area contributed by atoms with E-state index in [-0.39, 0.29) is 5.92 Å². The molecule has 2 nitrogen and oxygen atoms in total. The topological polar surface area (TPSA) is 43.1 Å². The van der Waals surface area contributed by atoms with E-state index in [4.69, 9.17) is 5.73 Å². The van der Waals surface area contributed by atoms with Gasteiger partial charge in [-0.05, 0) is 42.7 Å². The normalized spacial score (nSPS) is 23.3. The van der Waals surface area contributed by atoms with E-state index in [1.165, 1.54) is 19.3 Å². The Hall–Kier alpha value is -1.15. The molecule has 1 aromatic rings. The molecule has 0 aliphatic heterocycles. The molecular weight excluding hydrogens is 234 g/mol. The summed E-state index contributed by atoms with van der Waals surface area (Å²) in [5.74, 6) is 1.55. The van der Waals surface area contributed by atoms with Crippen LogP contribution in [0, 0.1) is 11.8 Å². The first-order chi connectivity index (χ1) is 9.24. The summed E-state index contributed by atoms with van der Waals surface area (Å²) < 4.78 is 0. The molecule has 1 aliphatic carbocycles. The van der Waals surface area contributed by atoms with Crippen molar-refractivity contribution in [3.05, 3.63) is 35.4 Å². The second kappa shape index (κ2) is 6.85. The number of carbonyl (C=O) groups excluding carboxylic acids is 1. The third-order valence-corrected chi connectivity index (χ3v) is 4.58. The summed E-state index contributed by atoms with van der Waals surface area (Å²) in [6.45, 7) is 2.77. The van der Waals surface area contributed by atoms with Crippen LogP contribution in [0.2, 0.25) is 0 Å². The van der Waals surface area contributed by atoms with Crippen molar-refractivity contribution < 1.29 is 4.79 Å². The molecule has 0 heterocycles. The fraction of sp³-hybridized carbons (Fsp3) is 0.588. The third-order valence-electron chi connectivity index (χ3n) is 4.58. The van der Waals surface area contributed by atoms with Crippen molar-refractivity contribution in [2.45, 2.75) is 52.0 Å². The molecule has 1 aromatic carbocycles. The van der Waals surface area contributed by atoms with E-state index in [9.17, 15) is 4.79 Å². The molecule has 0 aromatic heterocycles. The molecule has 2 rings (SSSR count). The van der Waals surface area contributed by atoms with Crippen molar-refractivity contribution in [2.75, 3.05) is 0 Å². The first-order valence-corrected chi connectivity index (χ1v) is 7.54. The van der Waals surface area contributed by atoms with Crippen molar-refractivity contribution in [3.63, 3.8) is 0 Å². The maximum Gasteiger partial charge on any atom is 0.140 e. The zero-order valence-electron chi connectivity index (χ0n) is 11.9. The minimum Gasteiger partial charge on any atom is -0.326 e. The minimum absolute atomic E-state index is 0.286. The molecule has 1 fully saturated rings. The van der Waals surface area contributed by atoms with Crippen LogP contribution in [-0.4, -0.2) is 5.78 Å². The van der Waals surface area contributed by atoms with Crippen LogP contribution < -0.4 is 5.73 Å². The Morgan fingerprint density at radius 1 is 1.16 bits per heavy atom. The van der Waals surface area contributed by atoms with Crippen LogP contribution in [0.15, 0.2) is 24.3 Å². The van der Waals surface area contributed by atoms with E-state index in [1.807, 2.05) is 24.3 Å². The number of ketones is 1. The van der Waals surface area contributed by atoms with Crippen LogP contribution in [0.25, 0.3) is 0 Å². The van der Waals surface area contributed by atoms with Gasteiger partial charge in [-0.2, -0.15) is 0 Å². The van der Waals surface area contributed by atoms with Crippen molar-refractivity contribution in [1.82, 2.24) is 0 Å². The molecule has 0 spiro atoms. The molecule has 2 heteroatoms. The van der Waals surface area contributed by atoms with E-state index >= 15 is 0 Å². The summed E-state index contributed by atoms with van der Waals surface area (Å²) in [4.78, 5) is 12.4. The first kappa shape index (κ1) is 14.3. The maximum absolute atomic E-state index is 12.4. The number of Topliss-reactive ketones (excluding diaryl/α,β-unsaturated/α-hetero) is 1. The van der Waals surface area contributed by atoms with Crippen LogP contribution in [0.3, 0.4) is 0 Å². The van der Waals surface area contributed by atoms with Gasteiger partial charge in [0.05, 0.1) is 0 Å². The van der Waals surface area contributed by atoms with Gasteiger partial charge in [-0.25, -0.2) is 0 Å².